The molecule has 0 aromatic rings. The Morgan fingerprint density at radius 3 is 3.00 bits per heavy atom. The van der Waals surface area contributed by atoms with Crippen molar-refractivity contribution in [2.75, 3.05) is 26.3 Å². The Morgan fingerprint density at radius 2 is 2.31 bits per heavy atom. The summed E-state index contributed by atoms with van der Waals surface area (Å²) in [5, 5.41) is 6.26. The first kappa shape index (κ1) is 13.5. The largest absolute Gasteiger partial charge is 0.378 e. The minimum atomic E-state index is 0.170. The number of amides is 1. The van der Waals surface area contributed by atoms with Gasteiger partial charge in [0, 0.05) is 25.6 Å². The summed E-state index contributed by atoms with van der Waals surface area (Å²) in [5.41, 5.74) is 0. The highest BCUT2D eigenvalue weighted by Crippen LogP contribution is 2.02. The average Bonchev–Trinajstić information content (AvgIpc) is 2.33. The third kappa shape index (κ3) is 6.08. The molecule has 1 aliphatic heterocycles. The van der Waals surface area contributed by atoms with Gasteiger partial charge >= 0.3 is 0 Å². The van der Waals surface area contributed by atoms with Crippen LogP contribution < -0.4 is 10.6 Å². The van der Waals surface area contributed by atoms with E-state index in [2.05, 4.69) is 17.6 Å². The van der Waals surface area contributed by atoms with Gasteiger partial charge in [-0.05, 0) is 6.42 Å². The van der Waals surface area contributed by atoms with Crippen LogP contribution in [0.4, 0.5) is 0 Å². The lowest BCUT2D eigenvalue weighted by Gasteiger charge is -2.23. The van der Waals surface area contributed by atoms with Gasteiger partial charge in [-0.3, -0.25) is 4.79 Å². The summed E-state index contributed by atoms with van der Waals surface area (Å²) in [7, 11) is 0. The highest BCUT2D eigenvalue weighted by Gasteiger charge is 2.13. The molecule has 0 radical (unpaired) electrons. The maximum Gasteiger partial charge on any atom is 0.220 e. The molecular formula is C12H24N2O2. The van der Waals surface area contributed by atoms with Crippen LogP contribution in [-0.4, -0.2) is 38.3 Å². The van der Waals surface area contributed by atoms with Gasteiger partial charge < -0.3 is 15.4 Å². The Balaban J connectivity index is 1.96. The first-order valence-corrected chi connectivity index (χ1v) is 6.40. The van der Waals surface area contributed by atoms with Crippen molar-refractivity contribution in [3.63, 3.8) is 0 Å². The van der Waals surface area contributed by atoms with Gasteiger partial charge in [0.05, 0.1) is 13.2 Å². The third-order valence-electron chi connectivity index (χ3n) is 2.80. The second-order valence-corrected chi connectivity index (χ2v) is 4.34. The number of rotatable bonds is 7. The standard InChI is InChI=1S/C12H24N2O2/c1-2-3-4-5-6-12(15)14-9-11-10-16-8-7-13-11/h11,13H,2-10H2,1H3,(H,14,15). The Bertz CT molecular complexity index is 191. The summed E-state index contributed by atoms with van der Waals surface area (Å²) >= 11 is 0. The van der Waals surface area contributed by atoms with Gasteiger partial charge in [-0.1, -0.05) is 26.2 Å². The van der Waals surface area contributed by atoms with Crippen LogP contribution in [0, 0.1) is 0 Å². The summed E-state index contributed by atoms with van der Waals surface area (Å²) in [4.78, 5) is 11.5. The zero-order valence-corrected chi connectivity index (χ0v) is 10.3. The van der Waals surface area contributed by atoms with Gasteiger partial charge in [0.15, 0.2) is 0 Å². The Morgan fingerprint density at radius 1 is 1.44 bits per heavy atom. The molecule has 0 aromatic heterocycles. The quantitative estimate of drug-likeness (QED) is 0.641. The SMILES string of the molecule is CCCCCCC(=O)NCC1COCCN1. The molecule has 4 heteroatoms. The molecule has 1 heterocycles. The van der Waals surface area contributed by atoms with Crippen LogP contribution in [0.15, 0.2) is 0 Å². The molecule has 0 aromatic carbocycles. The van der Waals surface area contributed by atoms with Crippen molar-refractivity contribution in [1.82, 2.24) is 10.6 Å². The molecule has 1 fully saturated rings. The van der Waals surface area contributed by atoms with E-state index < -0.39 is 0 Å². The summed E-state index contributed by atoms with van der Waals surface area (Å²) in [5.74, 6) is 0.170. The third-order valence-corrected chi connectivity index (χ3v) is 2.80. The maximum absolute atomic E-state index is 11.5. The molecule has 1 rings (SSSR count). The smallest absolute Gasteiger partial charge is 0.220 e. The van der Waals surface area contributed by atoms with Gasteiger partial charge in [-0.15, -0.1) is 0 Å². The van der Waals surface area contributed by atoms with Gasteiger partial charge in [0.2, 0.25) is 5.91 Å². The number of carbonyl (C=O) groups excluding carboxylic acids is 1. The molecule has 1 aliphatic rings. The van der Waals surface area contributed by atoms with Crippen molar-refractivity contribution in [2.45, 2.75) is 45.1 Å². The zero-order chi connectivity index (χ0) is 11.6. The fourth-order valence-electron chi connectivity index (χ4n) is 1.79. The first-order valence-electron chi connectivity index (χ1n) is 6.40. The van der Waals surface area contributed by atoms with E-state index in [1.807, 2.05) is 0 Å². The summed E-state index contributed by atoms with van der Waals surface area (Å²) < 4.78 is 5.31. The molecule has 1 saturated heterocycles. The lowest BCUT2D eigenvalue weighted by Crippen LogP contribution is -2.48. The fourth-order valence-corrected chi connectivity index (χ4v) is 1.79. The first-order chi connectivity index (χ1) is 7.83. The van der Waals surface area contributed by atoms with Crippen LogP contribution in [0.25, 0.3) is 0 Å². The summed E-state index contributed by atoms with van der Waals surface area (Å²) in [6, 6.07) is 0.286. The van der Waals surface area contributed by atoms with Crippen molar-refractivity contribution in [3.05, 3.63) is 0 Å². The molecule has 1 amide bonds. The Labute approximate surface area is 98.1 Å². The van der Waals surface area contributed by atoms with Crippen molar-refractivity contribution >= 4 is 5.91 Å². The highest BCUT2D eigenvalue weighted by atomic mass is 16.5. The van der Waals surface area contributed by atoms with Crippen LogP contribution in [0.5, 0.6) is 0 Å². The van der Waals surface area contributed by atoms with Crippen LogP contribution in [0.1, 0.15) is 39.0 Å². The van der Waals surface area contributed by atoms with E-state index in [4.69, 9.17) is 4.74 Å². The summed E-state index contributed by atoms with van der Waals surface area (Å²) in [6.45, 7) is 5.23. The molecule has 1 unspecified atom stereocenters. The number of hydrogen-bond acceptors (Lipinski definition) is 3. The van der Waals surface area contributed by atoms with E-state index in [1.54, 1.807) is 0 Å². The monoisotopic (exact) mass is 228 g/mol. The normalized spacial score (nSPS) is 20.7. The average molecular weight is 228 g/mol. The van der Waals surface area contributed by atoms with Crippen molar-refractivity contribution in [1.29, 1.82) is 0 Å². The molecule has 1 atom stereocenters. The van der Waals surface area contributed by atoms with Gasteiger partial charge in [-0.25, -0.2) is 0 Å². The van der Waals surface area contributed by atoms with E-state index in [1.165, 1.54) is 12.8 Å². The number of hydrogen-bond donors (Lipinski definition) is 2. The lowest BCUT2D eigenvalue weighted by molar-refractivity contribution is -0.121. The van der Waals surface area contributed by atoms with Crippen molar-refractivity contribution < 1.29 is 9.53 Å². The number of morpholine rings is 1. The van der Waals surface area contributed by atoms with Crippen molar-refractivity contribution in [2.24, 2.45) is 0 Å². The number of unbranched alkanes of at least 4 members (excludes halogenated alkanes) is 3. The van der Waals surface area contributed by atoms with Crippen LogP contribution >= 0.6 is 0 Å². The number of carbonyl (C=O) groups is 1. The van der Waals surface area contributed by atoms with E-state index in [0.29, 0.717) is 19.6 Å². The molecule has 0 aliphatic carbocycles. The lowest BCUT2D eigenvalue weighted by atomic mass is 10.1. The molecule has 16 heavy (non-hydrogen) atoms. The van der Waals surface area contributed by atoms with E-state index in [0.717, 1.165) is 26.0 Å². The van der Waals surface area contributed by atoms with Gasteiger partial charge in [-0.2, -0.15) is 0 Å². The Hall–Kier alpha value is -0.610. The fraction of sp³-hybridized carbons (Fsp3) is 0.917. The Kier molecular flexibility index (Phi) is 7.17. The van der Waals surface area contributed by atoms with E-state index >= 15 is 0 Å². The predicted molar refractivity (Wildman–Crippen MR) is 64.4 cm³/mol. The van der Waals surface area contributed by atoms with Crippen LogP contribution in [-0.2, 0) is 9.53 Å². The van der Waals surface area contributed by atoms with Crippen LogP contribution in [0.2, 0.25) is 0 Å². The number of nitrogens with one attached hydrogen (secondary N) is 2. The van der Waals surface area contributed by atoms with E-state index in [9.17, 15) is 4.79 Å². The van der Waals surface area contributed by atoms with Crippen molar-refractivity contribution in [3.8, 4) is 0 Å². The zero-order valence-electron chi connectivity index (χ0n) is 10.3. The molecule has 4 nitrogen and oxygen atoms in total. The number of ether oxygens (including phenoxy) is 1. The molecule has 0 saturated carbocycles. The second-order valence-electron chi connectivity index (χ2n) is 4.34. The minimum Gasteiger partial charge on any atom is -0.378 e. The molecule has 94 valence electrons. The molecule has 2 N–H and O–H groups in total. The predicted octanol–water partition coefficient (Wildman–Crippen LogP) is 1.06. The summed E-state index contributed by atoms with van der Waals surface area (Å²) in [6.07, 6.45) is 5.27. The second kappa shape index (κ2) is 8.53. The van der Waals surface area contributed by atoms with Gasteiger partial charge in [0.1, 0.15) is 0 Å². The van der Waals surface area contributed by atoms with E-state index in [-0.39, 0.29) is 11.9 Å². The van der Waals surface area contributed by atoms with Crippen LogP contribution in [0.3, 0.4) is 0 Å². The minimum absolute atomic E-state index is 0.170. The van der Waals surface area contributed by atoms with Gasteiger partial charge in [0.25, 0.3) is 0 Å². The molecular weight excluding hydrogens is 204 g/mol. The maximum atomic E-state index is 11.5. The highest BCUT2D eigenvalue weighted by molar-refractivity contribution is 5.75. The molecule has 0 spiro atoms. The topological polar surface area (TPSA) is 50.4 Å². The molecule has 0 bridgehead atoms.